The maximum absolute atomic E-state index is 11.8. The molecule has 0 unspecified atom stereocenters. The van der Waals surface area contributed by atoms with Gasteiger partial charge in [-0.2, -0.15) is 0 Å². The Labute approximate surface area is 146 Å². The van der Waals surface area contributed by atoms with E-state index in [1.165, 1.54) is 6.21 Å². The summed E-state index contributed by atoms with van der Waals surface area (Å²) in [5, 5.41) is 3.73. The molecular weight excluding hydrogens is 310 g/mol. The molecule has 0 bridgehead atoms. The highest BCUT2D eigenvalue weighted by atomic mass is 16.7. The molecule has 0 spiro atoms. The largest absolute Gasteiger partial charge is 0.365 e. The van der Waals surface area contributed by atoms with Gasteiger partial charge in [0.05, 0.1) is 11.8 Å². The SMILES string of the molecule is O=C(O/N=C\c1ccc(C#Cc2ccccc2)cc1)c1ccccc1. The fraction of sp³-hybridized carbons (Fsp3) is 0. The van der Waals surface area contributed by atoms with Crippen molar-refractivity contribution >= 4 is 12.2 Å². The molecule has 0 heterocycles. The van der Waals surface area contributed by atoms with Gasteiger partial charge in [-0.05, 0) is 42.0 Å². The van der Waals surface area contributed by atoms with Crippen LogP contribution in [0.15, 0.2) is 90.1 Å². The molecule has 3 aromatic rings. The van der Waals surface area contributed by atoms with E-state index in [0.29, 0.717) is 5.56 Å². The Hall–Kier alpha value is -3.64. The van der Waals surface area contributed by atoms with E-state index in [9.17, 15) is 4.79 Å². The van der Waals surface area contributed by atoms with E-state index in [1.807, 2.05) is 60.7 Å². The summed E-state index contributed by atoms with van der Waals surface area (Å²) in [5.41, 5.74) is 3.17. The van der Waals surface area contributed by atoms with Gasteiger partial charge in [-0.1, -0.05) is 65.5 Å². The molecule has 0 aromatic heterocycles. The lowest BCUT2D eigenvalue weighted by Crippen LogP contribution is -2.00. The molecule has 0 radical (unpaired) electrons. The van der Waals surface area contributed by atoms with Gasteiger partial charge in [0, 0.05) is 11.1 Å². The van der Waals surface area contributed by atoms with E-state index in [0.717, 1.165) is 16.7 Å². The molecule has 0 aliphatic heterocycles. The molecule has 0 aliphatic carbocycles. The lowest BCUT2D eigenvalue weighted by atomic mass is 10.1. The van der Waals surface area contributed by atoms with E-state index in [2.05, 4.69) is 17.0 Å². The van der Waals surface area contributed by atoms with Gasteiger partial charge in [0.25, 0.3) is 0 Å². The van der Waals surface area contributed by atoms with Crippen LogP contribution in [-0.2, 0) is 4.84 Å². The number of nitrogens with zero attached hydrogens (tertiary/aromatic N) is 1. The Bertz CT molecular complexity index is 919. The maximum atomic E-state index is 11.8. The van der Waals surface area contributed by atoms with E-state index < -0.39 is 5.97 Å². The van der Waals surface area contributed by atoms with Crippen LogP contribution in [0.3, 0.4) is 0 Å². The van der Waals surface area contributed by atoms with Crippen molar-refractivity contribution in [2.75, 3.05) is 0 Å². The number of oxime groups is 1. The van der Waals surface area contributed by atoms with Crippen molar-refractivity contribution in [3.8, 4) is 11.8 Å². The van der Waals surface area contributed by atoms with E-state index in [4.69, 9.17) is 4.84 Å². The van der Waals surface area contributed by atoms with Gasteiger partial charge in [0.2, 0.25) is 0 Å². The highest BCUT2D eigenvalue weighted by Crippen LogP contribution is 2.04. The molecule has 0 aliphatic rings. The van der Waals surface area contributed by atoms with Crippen LogP contribution in [0.2, 0.25) is 0 Å². The van der Waals surface area contributed by atoms with Crippen LogP contribution in [0.4, 0.5) is 0 Å². The van der Waals surface area contributed by atoms with E-state index in [1.54, 1.807) is 24.3 Å². The second-order valence-electron chi connectivity index (χ2n) is 5.22. The Morgan fingerprint density at radius 2 is 1.32 bits per heavy atom. The van der Waals surface area contributed by atoms with Gasteiger partial charge in [-0.25, -0.2) is 4.79 Å². The minimum absolute atomic E-state index is 0.464. The first-order valence-corrected chi connectivity index (χ1v) is 7.78. The minimum atomic E-state index is -0.484. The Kier molecular flexibility index (Phi) is 5.37. The monoisotopic (exact) mass is 325 g/mol. The second kappa shape index (κ2) is 8.28. The standard InChI is InChI=1S/C22H15NO2/c24-22(21-9-5-2-6-10-21)25-23-17-20-15-13-19(14-16-20)12-11-18-7-3-1-4-8-18/h1-10,13-17H/b23-17-. The van der Waals surface area contributed by atoms with Crippen LogP contribution in [-0.4, -0.2) is 12.2 Å². The van der Waals surface area contributed by atoms with Crippen molar-refractivity contribution in [1.82, 2.24) is 0 Å². The van der Waals surface area contributed by atoms with Crippen molar-refractivity contribution in [3.05, 3.63) is 107 Å². The van der Waals surface area contributed by atoms with E-state index >= 15 is 0 Å². The summed E-state index contributed by atoms with van der Waals surface area (Å²) in [4.78, 5) is 16.6. The smallest absolute Gasteiger partial charge is 0.313 e. The third-order valence-electron chi connectivity index (χ3n) is 3.38. The molecule has 3 aromatic carbocycles. The molecule has 0 saturated carbocycles. The zero-order chi connectivity index (χ0) is 17.3. The number of carbonyl (C=O) groups excluding carboxylic acids is 1. The molecule has 25 heavy (non-hydrogen) atoms. The Morgan fingerprint density at radius 3 is 1.96 bits per heavy atom. The van der Waals surface area contributed by atoms with Crippen LogP contribution in [0.5, 0.6) is 0 Å². The average molecular weight is 325 g/mol. The second-order valence-corrected chi connectivity index (χ2v) is 5.22. The van der Waals surface area contributed by atoms with Crippen molar-refractivity contribution in [2.24, 2.45) is 5.16 Å². The first-order valence-electron chi connectivity index (χ1n) is 7.78. The van der Waals surface area contributed by atoms with Crippen LogP contribution in [0.25, 0.3) is 0 Å². The molecular formula is C22H15NO2. The van der Waals surface area contributed by atoms with Gasteiger partial charge in [-0.3, -0.25) is 0 Å². The molecule has 3 nitrogen and oxygen atoms in total. The normalized spacial score (nSPS) is 10.1. The zero-order valence-electron chi connectivity index (χ0n) is 13.4. The molecule has 0 amide bonds. The number of hydrogen-bond acceptors (Lipinski definition) is 3. The van der Waals surface area contributed by atoms with Crippen molar-refractivity contribution in [2.45, 2.75) is 0 Å². The van der Waals surface area contributed by atoms with Crippen LogP contribution in [0, 0.1) is 11.8 Å². The van der Waals surface area contributed by atoms with E-state index in [-0.39, 0.29) is 0 Å². The fourth-order valence-electron chi connectivity index (χ4n) is 2.08. The van der Waals surface area contributed by atoms with Crippen LogP contribution < -0.4 is 0 Å². The molecule has 3 heteroatoms. The highest BCUT2D eigenvalue weighted by molar-refractivity contribution is 5.90. The summed E-state index contributed by atoms with van der Waals surface area (Å²) >= 11 is 0. The maximum Gasteiger partial charge on any atom is 0.365 e. The van der Waals surface area contributed by atoms with Gasteiger partial charge in [-0.15, -0.1) is 0 Å². The van der Waals surface area contributed by atoms with Gasteiger partial charge in [0.1, 0.15) is 0 Å². The predicted octanol–water partition coefficient (Wildman–Crippen LogP) is 4.28. The Balaban J connectivity index is 1.59. The number of rotatable bonds is 3. The topological polar surface area (TPSA) is 38.7 Å². The van der Waals surface area contributed by atoms with Crippen molar-refractivity contribution < 1.29 is 9.63 Å². The quantitative estimate of drug-likeness (QED) is 0.312. The molecule has 0 saturated heterocycles. The lowest BCUT2D eigenvalue weighted by Gasteiger charge is -1.97. The number of carbonyl (C=O) groups is 1. The fourth-order valence-corrected chi connectivity index (χ4v) is 2.08. The molecule has 120 valence electrons. The van der Waals surface area contributed by atoms with Gasteiger partial charge >= 0.3 is 5.97 Å². The van der Waals surface area contributed by atoms with Gasteiger partial charge in [0.15, 0.2) is 0 Å². The van der Waals surface area contributed by atoms with Crippen LogP contribution >= 0.6 is 0 Å². The van der Waals surface area contributed by atoms with Gasteiger partial charge < -0.3 is 4.84 Å². The third kappa shape index (κ3) is 4.92. The lowest BCUT2D eigenvalue weighted by molar-refractivity contribution is 0.0519. The van der Waals surface area contributed by atoms with Crippen LogP contribution in [0.1, 0.15) is 27.0 Å². The molecule has 3 rings (SSSR count). The minimum Gasteiger partial charge on any atom is -0.313 e. The zero-order valence-corrected chi connectivity index (χ0v) is 13.4. The first kappa shape index (κ1) is 16.2. The molecule has 0 N–H and O–H groups in total. The highest BCUT2D eigenvalue weighted by Gasteiger charge is 2.04. The predicted molar refractivity (Wildman–Crippen MR) is 98.3 cm³/mol. The van der Waals surface area contributed by atoms with Crippen molar-refractivity contribution in [1.29, 1.82) is 0 Å². The average Bonchev–Trinajstić information content (AvgIpc) is 2.69. The number of hydrogen-bond donors (Lipinski definition) is 0. The molecule has 0 fully saturated rings. The summed E-state index contributed by atoms with van der Waals surface area (Å²) < 4.78 is 0. The summed E-state index contributed by atoms with van der Waals surface area (Å²) in [6.45, 7) is 0. The van der Waals surface area contributed by atoms with Crippen molar-refractivity contribution in [3.63, 3.8) is 0 Å². The Morgan fingerprint density at radius 1 is 0.760 bits per heavy atom. The summed E-state index contributed by atoms with van der Waals surface area (Å²) in [6, 6.07) is 26.1. The first-order chi connectivity index (χ1) is 12.3. The summed E-state index contributed by atoms with van der Waals surface area (Å²) in [6.07, 6.45) is 1.50. The summed E-state index contributed by atoms with van der Waals surface area (Å²) in [7, 11) is 0. The number of benzene rings is 3. The summed E-state index contributed by atoms with van der Waals surface area (Å²) in [5.74, 6) is 5.72. The molecule has 0 atom stereocenters. The third-order valence-corrected chi connectivity index (χ3v) is 3.38.